The highest BCUT2D eigenvalue weighted by Crippen LogP contribution is 2.22. The topological polar surface area (TPSA) is 84.9 Å². The molecule has 0 heterocycles. The van der Waals surface area contributed by atoms with E-state index in [0.717, 1.165) is 11.3 Å². The highest BCUT2D eigenvalue weighted by atomic mass is 16.5. The second-order valence-electron chi connectivity index (χ2n) is 6.44. The minimum Gasteiger partial charge on any atom is -0.496 e. The zero-order valence-corrected chi connectivity index (χ0v) is 14.8. The van der Waals surface area contributed by atoms with Crippen molar-refractivity contribution < 1.29 is 24.2 Å². The Hall–Kier alpha value is -2.08. The summed E-state index contributed by atoms with van der Waals surface area (Å²) in [6.07, 6.45) is 0.821. The van der Waals surface area contributed by atoms with Gasteiger partial charge in [0.25, 0.3) is 0 Å². The van der Waals surface area contributed by atoms with E-state index in [1.807, 2.05) is 31.2 Å². The number of ether oxygens (including phenoxy) is 2. The first-order valence-electron chi connectivity index (χ1n) is 7.93. The number of methoxy groups -OCH3 is 2. The van der Waals surface area contributed by atoms with E-state index in [1.165, 1.54) is 7.11 Å². The van der Waals surface area contributed by atoms with Gasteiger partial charge in [-0.2, -0.15) is 0 Å². The third-order valence-corrected chi connectivity index (χ3v) is 3.74. The molecule has 0 aliphatic rings. The average Bonchev–Trinajstić information content (AvgIpc) is 2.46. The Kier molecular flexibility index (Phi) is 7.71. The monoisotopic (exact) mass is 337 g/mol. The number of nitrogens with one attached hydrogen (secondary N) is 1. The van der Waals surface area contributed by atoms with Gasteiger partial charge in [-0.05, 0) is 30.9 Å². The highest BCUT2D eigenvalue weighted by Gasteiger charge is 2.30. The first-order chi connectivity index (χ1) is 11.3. The van der Waals surface area contributed by atoms with Gasteiger partial charge in [0.15, 0.2) is 0 Å². The highest BCUT2D eigenvalue weighted by molar-refractivity contribution is 5.78. The fraction of sp³-hybridized carbons (Fsp3) is 0.556. The number of carboxylic acids is 1. The van der Waals surface area contributed by atoms with E-state index in [-0.39, 0.29) is 24.9 Å². The van der Waals surface area contributed by atoms with Gasteiger partial charge in [0, 0.05) is 13.5 Å². The molecule has 2 unspecified atom stereocenters. The van der Waals surface area contributed by atoms with Crippen molar-refractivity contribution in [3.63, 3.8) is 0 Å². The fourth-order valence-electron chi connectivity index (χ4n) is 2.81. The summed E-state index contributed by atoms with van der Waals surface area (Å²) in [7, 11) is 3.11. The summed E-state index contributed by atoms with van der Waals surface area (Å²) in [6.45, 7) is 3.80. The molecule has 24 heavy (non-hydrogen) atoms. The Morgan fingerprint density at radius 1 is 1.29 bits per heavy atom. The number of carboxylic acid groups (broad SMARTS) is 1. The second-order valence-corrected chi connectivity index (χ2v) is 6.44. The molecule has 1 aromatic rings. The zero-order valence-electron chi connectivity index (χ0n) is 14.8. The average molecular weight is 337 g/mol. The van der Waals surface area contributed by atoms with Gasteiger partial charge in [-0.1, -0.05) is 25.1 Å². The number of benzene rings is 1. The first-order valence-corrected chi connectivity index (χ1v) is 7.93. The van der Waals surface area contributed by atoms with Crippen molar-refractivity contribution in [2.75, 3.05) is 20.8 Å². The Bertz CT molecular complexity index is 560. The zero-order chi connectivity index (χ0) is 18.2. The van der Waals surface area contributed by atoms with E-state index < -0.39 is 11.5 Å². The Morgan fingerprint density at radius 2 is 1.96 bits per heavy atom. The lowest BCUT2D eigenvalue weighted by molar-refractivity contribution is -0.139. The molecule has 0 saturated heterocycles. The molecule has 2 atom stereocenters. The lowest BCUT2D eigenvalue weighted by Gasteiger charge is -2.29. The molecule has 0 aliphatic carbocycles. The van der Waals surface area contributed by atoms with E-state index in [1.54, 1.807) is 14.0 Å². The quantitative estimate of drug-likeness (QED) is 0.684. The van der Waals surface area contributed by atoms with Crippen LogP contribution in [-0.2, 0) is 20.7 Å². The molecule has 0 radical (unpaired) electrons. The third kappa shape index (κ3) is 6.58. The first kappa shape index (κ1) is 20.0. The number of para-hydroxylation sites is 1. The number of aliphatic carboxylic acids is 1. The van der Waals surface area contributed by atoms with Crippen LogP contribution >= 0.6 is 0 Å². The largest absolute Gasteiger partial charge is 0.496 e. The number of rotatable bonds is 10. The molecule has 1 amide bonds. The maximum atomic E-state index is 12.3. The number of carbonyl (C=O) groups excluding carboxylic acids is 1. The summed E-state index contributed by atoms with van der Waals surface area (Å²) >= 11 is 0. The number of amides is 1. The van der Waals surface area contributed by atoms with Crippen LogP contribution in [0, 0.1) is 5.92 Å². The van der Waals surface area contributed by atoms with Gasteiger partial charge in [0.05, 0.1) is 25.7 Å². The maximum Gasteiger partial charge on any atom is 0.305 e. The molecule has 0 saturated carbocycles. The summed E-state index contributed by atoms with van der Waals surface area (Å²) in [5.74, 6) is -0.257. The van der Waals surface area contributed by atoms with Crippen molar-refractivity contribution in [2.24, 2.45) is 5.92 Å². The lowest BCUT2D eigenvalue weighted by Crippen LogP contribution is -2.51. The molecule has 0 fully saturated rings. The van der Waals surface area contributed by atoms with E-state index >= 15 is 0 Å². The van der Waals surface area contributed by atoms with E-state index in [9.17, 15) is 9.59 Å². The van der Waals surface area contributed by atoms with Crippen LogP contribution in [0.1, 0.15) is 32.3 Å². The fourth-order valence-corrected chi connectivity index (χ4v) is 2.81. The molecule has 6 nitrogen and oxygen atoms in total. The maximum absolute atomic E-state index is 12.3. The van der Waals surface area contributed by atoms with Crippen LogP contribution in [0.4, 0.5) is 0 Å². The van der Waals surface area contributed by atoms with Crippen molar-refractivity contribution in [1.82, 2.24) is 5.32 Å². The molecule has 2 N–H and O–H groups in total. The van der Waals surface area contributed by atoms with Crippen LogP contribution in [0.5, 0.6) is 5.75 Å². The van der Waals surface area contributed by atoms with Gasteiger partial charge in [-0.3, -0.25) is 9.59 Å². The van der Waals surface area contributed by atoms with Crippen LogP contribution in [0.15, 0.2) is 24.3 Å². The Balaban J connectivity index is 2.63. The molecule has 0 bridgehead atoms. The van der Waals surface area contributed by atoms with Crippen LogP contribution in [-0.4, -0.2) is 43.3 Å². The summed E-state index contributed by atoms with van der Waals surface area (Å²) in [4.78, 5) is 23.3. The SMILES string of the molecule is COCC(C)(CC(=O)O)NC(=O)CC(C)Cc1ccccc1OC. The van der Waals surface area contributed by atoms with Gasteiger partial charge in [-0.15, -0.1) is 0 Å². The van der Waals surface area contributed by atoms with Gasteiger partial charge < -0.3 is 19.9 Å². The summed E-state index contributed by atoms with van der Waals surface area (Å²) < 4.78 is 10.4. The molecule has 134 valence electrons. The Labute approximate surface area is 143 Å². The van der Waals surface area contributed by atoms with Crippen LogP contribution in [0.3, 0.4) is 0 Å². The third-order valence-electron chi connectivity index (χ3n) is 3.74. The standard InChI is InChI=1S/C18H27NO5/c1-13(9-14-7-5-6-8-15(14)24-4)10-16(20)19-18(2,12-23-3)11-17(21)22/h5-8,13H,9-12H2,1-4H3,(H,19,20)(H,21,22). The molecule has 1 aromatic carbocycles. The number of carbonyl (C=O) groups is 2. The van der Waals surface area contributed by atoms with Crippen molar-refractivity contribution in [3.05, 3.63) is 29.8 Å². The summed E-state index contributed by atoms with van der Waals surface area (Å²) in [6, 6.07) is 7.71. The van der Waals surface area contributed by atoms with Crippen LogP contribution in [0.2, 0.25) is 0 Å². The van der Waals surface area contributed by atoms with Gasteiger partial charge in [0.1, 0.15) is 5.75 Å². The van der Waals surface area contributed by atoms with Crippen molar-refractivity contribution in [1.29, 1.82) is 0 Å². The summed E-state index contributed by atoms with van der Waals surface area (Å²) in [5, 5.41) is 11.8. The summed E-state index contributed by atoms with van der Waals surface area (Å²) in [5.41, 5.74) is 0.132. The van der Waals surface area contributed by atoms with Crippen molar-refractivity contribution in [2.45, 2.75) is 38.6 Å². The number of hydrogen-bond donors (Lipinski definition) is 2. The smallest absolute Gasteiger partial charge is 0.305 e. The predicted octanol–water partition coefficient (Wildman–Crippen LogP) is 2.26. The predicted molar refractivity (Wildman–Crippen MR) is 91.2 cm³/mol. The van der Waals surface area contributed by atoms with E-state index in [2.05, 4.69) is 5.32 Å². The van der Waals surface area contributed by atoms with E-state index in [4.69, 9.17) is 14.6 Å². The normalized spacial score (nSPS) is 14.5. The number of hydrogen-bond acceptors (Lipinski definition) is 4. The lowest BCUT2D eigenvalue weighted by atomic mass is 9.95. The van der Waals surface area contributed by atoms with Crippen molar-refractivity contribution >= 4 is 11.9 Å². The van der Waals surface area contributed by atoms with Gasteiger partial charge in [0.2, 0.25) is 5.91 Å². The minimum absolute atomic E-state index is 0.0953. The Morgan fingerprint density at radius 3 is 2.54 bits per heavy atom. The molecule has 6 heteroatoms. The molecule has 0 spiro atoms. The molecule has 1 rings (SSSR count). The van der Waals surface area contributed by atoms with Gasteiger partial charge in [-0.25, -0.2) is 0 Å². The minimum atomic E-state index is -0.975. The molecular formula is C18H27NO5. The second kappa shape index (κ2) is 9.27. The molecule has 0 aromatic heterocycles. The molecule has 0 aliphatic heterocycles. The van der Waals surface area contributed by atoms with Gasteiger partial charge >= 0.3 is 5.97 Å². The van der Waals surface area contributed by atoms with E-state index in [0.29, 0.717) is 12.8 Å². The van der Waals surface area contributed by atoms with Crippen LogP contribution < -0.4 is 10.1 Å². The van der Waals surface area contributed by atoms with Crippen LogP contribution in [0.25, 0.3) is 0 Å². The van der Waals surface area contributed by atoms with Crippen molar-refractivity contribution in [3.8, 4) is 5.75 Å². The molecular weight excluding hydrogens is 310 g/mol.